The lowest BCUT2D eigenvalue weighted by molar-refractivity contribution is -0.0336. The van der Waals surface area contributed by atoms with Crippen LogP contribution in [0.2, 0.25) is 0 Å². The van der Waals surface area contributed by atoms with Crippen molar-refractivity contribution in [2.45, 2.75) is 118 Å². The minimum atomic E-state index is -0.515. The van der Waals surface area contributed by atoms with Crippen LogP contribution in [-0.2, 0) is 0 Å². The van der Waals surface area contributed by atoms with Gasteiger partial charge >= 0.3 is 0 Å². The molecule has 0 spiro atoms. The molecule has 0 saturated heterocycles. The molecule has 4 aliphatic carbocycles. The van der Waals surface area contributed by atoms with Gasteiger partial charge in [-0.2, -0.15) is 0 Å². The molecule has 0 bridgehead atoms. The van der Waals surface area contributed by atoms with Crippen molar-refractivity contribution in [3.63, 3.8) is 0 Å². The first kappa shape index (κ1) is 25.5. The number of hydrogen-bond acceptors (Lipinski definition) is 3. The molecular weight excluding hydrogens is 408 g/mol. The van der Waals surface area contributed by atoms with E-state index < -0.39 is 18.3 Å². The van der Waals surface area contributed by atoms with Gasteiger partial charge in [0.2, 0.25) is 0 Å². The zero-order valence-corrected chi connectivity index (χ0v) is 22.1. The Morgan fingerprint density at radius 3 is 2.24 bits per heavy atom. The van der Waals surface area contributed by atoms with Crippen LogP contribution in [0.25, 0.3) is 0 Å². The molecule has 3 N–H and O–H groups in total. The molecule has 0 aromatic heterocycles. The Hall–Kier alpha value is -0.640. The van der Waals surface area contributed by atoms with Gasteiger partial charge in [0.25, 0.3) is 0 Å². The van der Waals surface area contributed by atoms with Crippen LogP contribution >= 0.6 is 0 Å². The van der Waals surface area contributed by atoms with Crippen LogP contribution in [-0.4, -0.2) is 33.6 Å². The van der Waals surface area contributed by atoms with Gasteiger partial charge in [0, 0.05) is 0 Å². The minimum absolute atomic E-state index is 0.000422. The summed E-state index contributed by atoms with van der Waals surface area (Å²) >= 11 is 0. The molecule has 1 unspecified atom stereocenters. The van der Waals surface area contributed by atoms with Crippen molar-refractivity contribution in [2.24, 2.45) is 46.3 Å². The Kier molecular flexibility index (Phi) is 7.02. The van der Waals surface area contributed by atoms with Crippen LogP contribution in [0.15, 0.2) is 23.3 Å². The van der Waals surface area contributed by atoms with Crippen molar-refractivity contribution in [3.8, 4) is 0 Å². The second kappa shape index (κ2) is 9.10. The summed E-state index contributed by atoms with van der Waals surface area (Å²) in [7, 11) is 0. The molecule has 0 aliphatic heterocycles. The van der Waals surface area contributed by atoms with E-state index in [1.165, 1.54) is 30.4 Å². The molecule has 3 nitrogen and oxygen atoms in total. The SMILES string of the molecule is C=C1[C@@H](O)CC[C@]2(C)C3CC[C@@]4(C)C(=C3[C@H](O)C[C@@H]12)[C@H](O)C[C@@H]4[C@H](C)CC[C@H](CC)C(C)C. The van der Waals surface area contributed by atoms with Gasteiger partial charge in [0.15, 0.2) is 0 Å². The highest BCUT2D eigenvalue weighted by Crippen LogP contribution is 2.66. The van der Waals surface area contributed by atoms with Crippen molar-refractivity contribution in [2.75, 3.05) is 0 Å². The summed E-state index contributed by atoms with van der Waals surface area (Å²) in [5.41, 5.74) is 3.35. The Morgan fingerprint density at radius 2 is 1.61 bits per heavy atom. The molecule has 188 valence electrons. The van der Waals surface area contributed by atoms with Crippen molar-refractivity contribution < 1.29 is 15.3 Å². The zero-order valence-electron chi connectivity index (χ0n) is 22.1. The fourth-order valence-corrected chi connectivity index (χ4v) is 9.12. The van der Waals surface area contributed by atoms with Crippen molar-refractivity contribution >= 4 is 0 Å². The molecular formula is C30H50O3. The summed E-state index contributed by atoms with van der Waals surface area (Å²) in [4.78, 5) is 0. The molecule has 3 saturated carbocycles. The molecule has 0 radical (unpaired) electrons. The number of fused-ring (bicyclic) bond motifs is 4. The fraction of sp³-hybridized carbons (Fsp3) is 0.867. The lowest BCUT2D eigenvalue weighted by atomic mass is 9.47. The van der Waals surface area contributed by atoms with E-state index in [1.807, 2.05) is 0 Å². The third-order valence-electron chi connectivity index (χ3n) is 11.3. The van der Waals surface area contributed by atoms with Crippen LogP contribution in [0.4, 0.5) is 0 Å². The van der Waals surface area contributed by atoms with E-state index in [1.54, 1.807) is 0 Å². The number of aliphatic hydroxyl groups is 3. The smallest absolute Gasteiger partial charge is 0.0762 e. The third-order valence-corrected chi connectivity index (χ3v) is 11.3. The number of rotatable bonds is 6. The Balaban J connectivity index is 1.63. The lowest BCUT2D eigenvalue weighted by Crippen LogP contribution is -2.53. The van der Waals surface area contributed by atoms with Crippen LogP contribution in [0.5, 0.6) is 0 Å². The van der Waals surface area contributed by atoms with Gasteiger partial charge in [-0.25, -0.2) is 0 Å². The van der Waals surface area contributed by atoms with Gasteiger partial charge in [-0.1, -0.05) is 61.0 Å². The molecule has 3 heteroatoms. The molecule has 4 aliphatic rings. The number of aliphatic hydroxyl groups excluding tert-OH is 3. The topological polar surface area (TPSA) is 60.7 Å². The molecule has 33 heavy (non-hydrogen) atoms. The highest BCUT2D eigenvalue weighted by atomic mass is 16.3. The molecule has 0 aromatic rings. The van der Waals surface area contributed by atoms with E-state index in [0.717, 1.165) is 49.5 Å². The van der Waals surface area contributed by atoms with Gasteiger partial charge in [-0.05, 0) is 108 Å². The van der Waals surface area contributed by atoms with Gasteiger partial charge in [0.1, 0.15) is 0 Å². The molecule has 10 atom stereocenters. The van der Waals surface area contributed by atoms with Crippen LogP contribution in [0.3, 0.4) is 0 Å². The Labute approximate surface area is 202 Å². The first-order chi connectivity index (χ1) is 15.5. The maximum atomic E-state index is 11.4. The number of hydrogen-bond donors (Lipinski definition) is 3. The average Bonchev–Trinajstić information content (AvgIpc) is 3.03. The second-order valence-electron chi connectivity index (χ2n) is 13.1. The zero-order chi connectivity index (χ0) is 24.3. The molecule has 3 fully saturated rings. The second-order valence-corrected chi connectivity index (χ2v) is 13.1. The lowest BCUT2D eigenvalue weighted by Gasteiger charge is -2.58. The molecule has 0 amide bonds. The Bertz CT molecular complexity index is 783. The largest absolute Gasteiger partial charge is 0.389 e. The summed E-state index contributed by atoms with van der Waals surface area (Å²) in [6.45, 7) is 18.4. The van der Waals surface area contributed by atoms with Crippen LogP contribution in [0.1, 0.15) is 99.3 Å². The summed E-state index contributed by atoms with van der Waals surface area (Å²) in [5.74, 6) is 3.06. The minimum Gasteiger partial charge on any atom is -0.389 e. The Morgan fingerprint density at radius 1 is 0.909 bits per heavy atom. The standard InChI is InChI=1S/C30H50O3/c1-8-20(17(2)3)10-9-18(4)22-15-26(33)28-27-21(11-13-30(22,28)7)29(6)14-12-24(31)19(5)23(29)16-25(27)32/h17-18,20-26,31-33H,5,8-16H2,1-4,6-7H3/t18-,20+,21?,22-,23+,24+,25-,26-,29-,30-/m1/s1. The van der Waals surface area contributed by atoms with Crippen molar-refractivity contribution in [1.29, 1.82) is 0 Å². The molecule has 0 aromatic carbocycles. The third kappa shape index (κ3) is 3.99. The predicted octanol–water partition coefficient (Wildman–Crippen LogP) is 6.28. The first-order valence-electron chi connectivity index (χ1n) is 13.9. The fourth-order valence-electron chi connectivity index (χ4n) is 9.12. The highest BCUT2D eigenvalue weighted by molar-refractivity contribution is 5.41. The first-order valence-corrected chi connectivity index (χ1v) is 13.9. The summed E-state index contributed by atoms with van der Waals surface area (Å²) in [5, 5.41) is 33.3. The van der Waals surface area contributed by atoms with Gasteiger partial charge in [-0.3, -0.25) is 0 Å². The normalized spacial score (nSPS) is 45.0. The van der Waals surface area contributed by atoms with Crippen LogP contribution < -0.4 is 0 Å². The molecule has 4 rings (SSSR count). The van der Waals surface area contributed by atoms with E-state index in [0.29, 0.717) is 24.2 Å². The van der Waals surface area contributed by atoms with Crippen molar-refractivity contribution in [1.82, 2.24) is 0 Å². The average molecular weight is 459 g/mol. The van der Waals surface area contributed by atoms with E-state index >= 15 is 0 Å². The summed E-state index contributed by atoms with van der Waals surface area (Å²) < 4.78 is 0. The van der Waals surface area contributed by atoms with E-state index in [9.17, 15) is 15.3 Å². The maximum absolute atomic E-state index is 11.4. The van der Waals surface area contributed by atoms with Crippen molar-refractivity contribution in [3.05, 3.63) is 23.3 Å². The highest BCUT2D eigenvalue weighted by Gasteiger charge is 2.60. The van der Waals surface area contributed by atoms with E-state index in [-0.39, 0.29) is 16.7 Å². The van der Waals surface area contributed by atoms with E-state index in [4.69, 9.17) is 0 Å². The van der Waals surface area contributed by atoms with Crippen LogP contribution in [0, 0.1) is 46.3 Å². The van der Waals surface area contributed by atoms with E-state index in [2.05, 4.69) is 48.1 Å². The van der Waals surface area contributed by atoms with Gasteiger partial charge in [-0.15, -0.1) is 0 Å². The summed E-state index contributed by atoms with van der Waals surface area (Å²) in [6.07, 6.45) is 7.83. The predicted molar refractivity (Wildman–Crippen MR) is 136 cm³/mol. The van der Waals surface area contributed by atoms with Gasteiger partial charge in [0.05, 0.1) is 18.3 Å². The monoisotopic (exact) mass is 458 g/mol. The summed E-state index contributed by atoms with van der Waals surface area (Å²) in [6, 6.07) is 0. The quantitative estimate of drug-likeness (QED) is 0.411. The van der Waals surface area contributed by atoms with Gasteiger partial charge < -0.3 is 15.3 Å². The maximum Gasteiger partial charge on any atom is 0.0762 e. The molecule has 0 heterocycles.